The molecule has 0 radical (unpaired) electrons. The summed E-state index contributed by atoms with van der Waals surface area (Å²) in [4.78, 5) is 14.1. The molecule has 2 aromatic carbocycles. The molecule has 2 aromatic rings. The van der Waals surface area contributed by atoms with Crippen LogP contribution in [0.4, 0.5) is 8.78 Å². The number of benzene rings is 2. The van der Waals surface area contributed by atoms with E-state index in [2.05, 4.69) is 5.32 Å². The number of rotatable bonds is 6. The van der Waals surface area contributed by atoms with Gasteiger partial charge >= 0.3 is 0 Å². The first-order valence-electron chi connectivity index (χ1n) is 7.41. The number of hydrogen-bond donors (Lipinski definition) is 1. The van der Waals surface area contributed by atoms with Crippen molar-refractivity contribution in [1.82, 2.24) is 10.2 Å². The van der Waals surface area contributed by atoms with Crippen molar-refractivity contribution in [2.45, 2.75) is 12.5 Å². The van der Waals surface area contributed by atoms with Gasteiger partial charge in [0.15, 0.2) is 0 Å². The van der Waals surface area contributed by atoms with Crippen LogP contribution in [0.1, 0.15) is 15.9 Å². The second kappa shape index (κ2) is 7.83. The van der Waals surface area contributed by atoms with Crippen molar-refractivity contribution in [2.75, 3.05) is 20.6 Å². The Balaban J connectivity index is 2.01. The molecule has 2 rings (SSSR count). The monoisotopic (exact) mass is 318 g/mol. The van der Waals surface area contributed by atoms with Crippen LogP contribution in [0.3, 0.4) is 0 Å². The van der Waals surface area contributed by atoms with E-state index in [4.69, 9.17) is 0 Å². The molecule has 0 bridgehead atoms. The predicted octanol–water partition coefficient (Wildman–Crippen LogP) is 2.87. The number of carbonyl (C=O) groups excluding carboxylic acids is 1. The molecule has 0 aliphatic rings. The highest BCUT2D eigenvalue weighted by molar-refractivity contribution is 5.94. The Labute approximate surface area is 134 Å². The van der Waals surface area contributed by atoms with E-state index in [1.165, 1.54) is 0 Å². The summed E-state index contributed by atoms with van der Waals surface area (Å²) in [5, 5.41) is 2.68. The molecule has 0 aliphatic heterocycles. The van der Waals surface area contributed by atoms with Gasteiger partial charge in [0.05, 0.1) is 5.56 Å². The lowest BCUT2D eigenvalue weighted by molar-refractivity contribution is 0.0937. The highest BCUT2D eigenvalue weighted by Crippen LogP contribution is 2.10. The minimum Gasteiger partial charge on any atom is -0.350 e. The zero-order valence-electron chi connectivity index (χ0n) is 13.2. The molecule has 0 aliphatic carbocycles. The molecule has 122 valence electrons. The van der Waals surface area contributed by atoms with E-state index in [1.54, 1.807) is 0 Å². The summed E-state index contributed by atoms with van der Waals surface area (Å²) in [6.45, 7) is 0.344. The lowest BCUT2D eigenvalue weighted by Gasteiger charge is -2.25. The molecule has 1 amide bonds. The van der Waals surface area contributed by atoms with E-state index >= 15 is 0 Å². The van der Waals surface area contributed by atoms with Crippen molar-refractivity contribution in [3.05, 3.63) is 71.3 Å². The Morgan fingerprint density at radius 1 is 1.13 bits per heavy atom. The minimum absolute atomic E-state index is 0.0537. The van der Waals surface area contributed by atoms with Gasteiger partial charge in [-0.25, -0.2) is 8.78 Å². The average Bonchev–Trinajstić information content (AvgIpc) is 2.54. The Morgan fingerprint density at radius 2 is 1.83 bits per heavy atom. The third kappa shape index (κ3) is 4.86. The Morgan fingerprint density at radius 3 is 2.48 bits per heavy atom. The number of nitrogens with zero attached hydrogens (tertiary/aromatic N) is 1. The molecule has 0 unspecified atom stereocenters. The summed E-state index contributed by atoms with van der Waals surface area (Å²) in [7, 11) is 3.84. The first-order chi connectivity index (χ1) is 11.0. The van der Waals surface area contributed by atoms with E-state index < -0.39 is 17.5 Å². The maximum atomic E-state index is 13.6. The Kier molecular flexibility index (Phi) is 5.82. The number of hydrogen-bond acceptors (Lipinski definition) is 2. The van der Waals surface area contributed by atoms with Gasteiger partial charge in [0, 0.05) is 12.6 Å². The highest BCUT2D eigenvalue weighted by atomic mass is 19.1. The molecule has 0 spiro atoms. The third-order valence-corrected chi connectivity index (χ3v) is 3.72. The van der Waals surface area contributed by atoms with Crippen LogP contribution in [0.2, 0.25) is 0 Å². The van der Waals surface area contributed by atoms with Gasteiger partial charge in [-0.2, -0.15) is 0 Å². The van der Waals surface area contributed by atoms with Gasteiger partial charge in [-0.15, -0.1) is 0 Å². The smallest absolute Gasteiger partial charge is 0.254 e. The molecule has 0 saturated heterocycles. The summed E-state index contributed by atoms with van der Waals surface area (Å²) < 4.78 is 26.8. The fraction of sp³-hybridized carbons (Fsp3) is 0.278. The van der Waals surface area contributed by atoms with Crippen molar-refractivity contribution in [3.8, 4) is 0 Å². The van der Waals surface area contributed by atoms with E-state index in [0.717, 1.165) is 30.2 Å². The van der Waals surface area contributed by atoms with E-state index in [9.17, 15) is 13.6 Å². The third-order valence-electron chi connectivity index (χ3n) is 3.72. The summed E-state index contributed by atoms with van der Waals surface area (Å²) in [5.41, 5.74) is 0.875. The van der Waals surface area contributed by atoms with Gasteiger partial charge in [-0.05, 0) is 44.3 Å². The van der Waals surface area contributed by atoms with Crippen LogP contribution in [0, 0.1) is 11.6 Å². The van der Waals surface area contributed by atoms with Gasteiger partial charge in [0.25, 0.3) is 5.91 Å². The molecule has 1 atom stereocenters. The first-order valence-corrected chi connectivity index (χ1v) is 7.41. The lowest BCUT2D eigenvalue weighted by Crippen LogP contribution is -2.41. The molecule has 23 heavy (non-hydrogen) atoms. The van der Waals surface area contributed by atoms with Crippen LogP contribution in [0.5, 0.6) is 0 Å². The average molecular weight is 318 g/mol. The van der Waals surface area contributed by atoms with Crippen molar-refractivity contribution in [3.63, 3.8) is 0 Å². The van der Waals surface area contributed by atoms with E-state index in [-0.39, 0.29) is 11.6 Å². The molecule has 5 heteroatoms. The van der Waals surface area contributed by atoms with Crippen molar-refractivity contribution in [1.29, 1.82) is 0 Å². The molecule has 0 aromatic heterocycles. The topological polar surface area (TPSA) is 32.3 Å². The van der Waals surface area contributed by atoms with Crippen LogP contribution < -0.4 is 5.32 Å². The fourth-order valence-electron chi connectivity index (χ4n) is 2.30. The number of carbonyl (C=O) groups is 1. The SMILES string of the molecule is CN(C)[C@H](CNC(=O)c1cc(F)ccc1F)Cc1ccccc1. The predicted molar refractivity (Wildman–Crippen MR) is 86.3 cm³/mol. The van der Waals surface area contributed by atoms with Gasteiger partial charge in [-0.3, -0.25) is 4.79 Å². The quantitative estimate of drug-likeness (QED) is 0.888. The minimum atomic E-state index is -0.728. The van der Waals surface area contributed by atoms with E-state index in [1.807, 2.05) is 49.3 Å². The largest absolute Gasteiger partial charge is 0.350 e. The fourth-order valence-corrected chi connectivity index (χ4v) is 2.30. The second-order valence-corrected chi connectivity index (χ2v) is 5.64. The zero-order chi connectivity index (χ0) is 16.8. The number of likely N-dealkylation sites (N-methyl/N-ethyl adjacent to an activating group) is 1. The zero-order valence-corrected chi connectivity index (χ0v) is 13.2. The Hall–Kier alpha value is -2.27. The normalized spacial score (nSPS) is 12.2. The van der Waals surface area contributed by atoms with Gasteiger partial charge in [0.1, 0.15) is 11.6 Å². The molecular formula is C18H20F2N2O. The number of amides is 1. The standard InChI is InChI=1S/C18H20F2N2O/c1-22(2)15(10-13-6-4-3-5-7-13)12-21-18(23)16-11-14(19)8-9-17(16)20/h3-9,11,15H,10,12H2,1-2H3,(H,21,23)/t15-/m0/s1. The van der Waals surface area contributed by atoms with Crippen molar-refractivity contribution >= 4 is 5.91 Å². The van der Waals surface area contributed by atoms with Gasteiger partial charge in [0.2, 0.25) is 0 Å². The molecule has 3 nitrogen and oxygen atoms in total. The van der Waals surface area contributed by atoms with E-state index in [0.29, 0.717) is 6.54 Å². The molecule has 0 fully saturated rings. The molecule has 0 saturated carbocycles. The lowest BCUT2D eigenvalue weighted by atomic mass is 10.0. The Bertz CT molecular complexity index is 659. The molecule has 0 heterocycles. The highest BCUT2D eigenvalue weighted by Gasteiger charge is 2.17. The van der Waals surface area contributed by atoms with Crippen molar-refractivity contribution in [2.24, 2.45) is 0 Å². The number of nitrogens with one attached hydrogen (secondary N) is 1. The van der Waals surface area contributed by atoms with Crippen LogP contribution in [-0.4, -0.2) is 37.5 Å². The van der Waals surface area contributed by atoms with Gasteiger partial charge in [-0.1, -0.05) is 30.3 Å². The molecular weight excluding hydrogens is 298 g/mol. The summed E-state index contributed by atoms with van der Waals surface area (Å²) in [6.07, 6.45) is 0.750. The summed E-state index contributed by atoms with van der Waals surface area (Å²) in [5.74, 6) is -1.97. The maximum Gasteiger partial charge on any atom is 0.254 e. The second-order valence-electron chi connectivity index (χ2n) is 5.64. The molecule has 1 N–H and O–H groups in total. The first kappa shape index (κ1) is 17.1. The van der Waals surface area contributed by atoms with Crippen LogP contribution in [0.15, 0.2) is 48.5 Å². The van der Waals surface area contributed by atoms with Crippen LogP contribution >= 0.6 is 0 Å². The number of halogens is 2. The maximum absolute atomic E-state index is 13.6. The summed E-state index contributed by atoms with van der Waals surface area (Å²) >= 11 is 0. The van der Waals surface area contributed by atoms with Crippen LogP contribution in [-0.2, 0) is 6.42 Å². The van der Waals surface area contributed by atoms with Gasteiger partial charge < -0.3 is 10.2 Å². The van der Waals surface area contributed by atoms with Crippen LogP contribution in [0.25, 0.3) is 0 Å². The van der Waals surface area contributed by atoms with Crippen molar-refractivity contribution < 1.29 is 13.6 Å². The summed E-state index contributed by atoms with van der Waals surface area (Å²) in [6, 6.07) is 12.8.